The molecule has 0 unspecified atom stereocenters. The Balaban J connectivity index is 1.51. The third kappa shape index (κ3) is 4.82. The van der Waals surface area contributed by atoms with E-state index in [1.807, 2.05) is 19.0 Å². The summed E-state index contributed by atoms with van der Waals surface area (Å²) in [7, 11) is 3.79. The summed E-state index contributed by atoms with van der Waals surface area (Å²) in [5.41, 5.74) is 1.14. The van der Waals surface area contributed by atoms with Gasteiger partial charge in [0.2, 0.25) is 0 Å². The van der Waals surface area contributed by atoms with Crippen molar-refractivity contribution >= 4 is 22.7 Å². The monoisotopic (exact) mass is 459 g/mol. The number of anilines is 1. The van der Waals surface area contributed by atoms with Gasteiger partial charge in [-0.05, 0) is 62.6 Å². The number of hydrogen-bond acceptors (Lipinski definition) is 5. The van der Waals surface area contributed by atoms with E-state index in [1.54, 1.807) is 18.2 Å². The molecule has 2 heterocycles. The van der Waals surface area contributed by atoms with Crippen molar-refractivity contribution in [3.8, 4) is 5.69 Å². The van der Waals surface area contributed by atoms with Crippen molar-refractivity contribution in [1.29, 1.82) is 0 Å². The van der Waals surface area contributed by atoms with E-state index in [9.17, 15) is 22.8 Å². The Bertz CT molecular complexity index is 1350. The maximum atomic E-state index is 12.7. The van der Waals surface area contributed by atoms with E-state index in [2.05, 4.69) is 10.4 Å². The zero-order chi connectivity index (χ0) is 23.8. The molecule has 8 nitrogen and oxygen atoms in total. The van der Waals surface area contributed by atoms with E-state index in [4.69, 9.17) is 4.42 Å². The van der Waals surface area contributed by atoms with Crippen molar-refractivity contribution < 1.29 is 22.4 Å². The number of hydrogen-bond donors (Lipinski definition) is 1. The number of halogens is 3. The summed E-state index contributed by atoms with van der Waals surface area (Å²) < 4.78 is 46.1. The fourth-order valence-corrected chi connectivity index (χ4v) is 3.24. The molecule has 0 bridgehead atoms. The van der Waals surface area contributed by atoms with E-state index < -0.39 is 23.5 Å². The average Bonchev–Trinajstić information content (AvgIpc) is 3.37. The molecule has 0 fully saturated rings. The van der Waals surface area contributed by atoms with Crippen molar-refractivity contribution in [2.45, 2.75) is 12.7 Å². The predicted molar refractivity (Wildman–Crippen MR) is 116 cm³/mol. The molecule has 1 amide bonds. The van der Waals surface area contributed by atoms with Crippen molar-refractivity contribution in [3.05, 3.63) is 76.5 Å². The summed E-state index contributed by atoms with van der Waals surface area (Å²) in [5, 5.41) is 6.27. The first kappa shape index (κ1) is 22.3. The quantitative estimate of drug-likeness (QED) is 0.476. The van der Waals surface area contributed by atoms with E-state index in [1.165, 1.54) is 35.0 Å². The van der Waals surface area contributed by atoms with Crippen LogP contribution in [-0.4, -0.2) is 45.8 Å². The van der Waals surface area contributed by atoms with Gasteiger partial charge in [-0.15, -0.1) is 0 Å². The molecule has 0 atom stereocenters. The number of carbonyl (C=O) groups excluding carboxylic acids is 1. The average molecular weight is 459 g/mol. The van der Waals surface area contributed by atoms with Crippen LogP contribution in [0.25, 0.3) is 16.8 Å². The van der Waals surface area contributed by atoms with Crippen LogP contribution < -0.4 is 11.1 Å². The molecule has 0 radical (unpaired) electrons. The molecular formula is C22H20F3N5O3. The van der Waals surface area contributed by atoms with Crippen LogP contribution >= 0.6 is 0 Å². The van der Waals surface area contributed by atoms with E-state index >= 15 is 0 Å². The Morgan fingerprint density at radius 2 is 1.85 bits per heavy atom. The minimum Gasteiger partial charge on any atom is -0.408 e. The standard InChI is InChI=1S/C22H20F3N5O3/c1-28(2)11-12-29-17-13-15(5-8-18(17)33-21(29)32)26-20(31)14-3-6-16(7-4-14)30-10-9-19(27-30)22(23,24)25/h3-10,13H,11-12H2,1-2H3,(H,26,31). The molecule has 2 aromatic carbocycles. The lowest BCUT2D eigenvalue weighted by atomic mass is 10.2. The minimum absolute atomic E-state index is 0.305. The topological polar surface area (TPSA) is 85.3 Å². The van der Waals surface area contributed by atoms with Crippen LogP contribution in [-0.2, 0) is 12.7 Å². The number of nitrogens with zero attached hydrogens (tertiary/aromatic N) is 4. The van der Waals surface area contributed by atoms with Gasteiger partial charge in [-0.2, -0.15) is 18.3 Å². The maximum absolute atomic E-state index is 12.7. The molecule has 0 spiro atoms. The third-order valence-corrected chi connectivity index (χ3v) is 4.97. The van der Waals surface area contributed by atoms with Crippen LogP contribution in [0.2, 0.25) is 0 Å². The fraction of sp³-hybridized carbons (Fsp3) is 0.227. The van der Waals surface area contributed by atoms with Gasteiger partial charge < -0.3 is 14.6 Å². The zero-order valence-corrected chi connectivity index (χ0v) is 17.8. The number of likely N-dealkylation sites (N-methyl/N-ethyl adjacent to an activating group) is 1. The molecule has 0 aliphatic carbocycles. The number of carbonyl (C=O) groups is 1. The predicted octanol–water partition coefficient (Wildman–Crippen LogP) is 3.61. The third-order valence-electron chi connectivity index (χ3n) is 4.97. The Kier molecular flexibility index (Phi) is 5.81. The molecule has 0 aliphatic rings. The van der Waals surface area contributed by atoms with Crippen LogP contribution in [0.3, 0.4) is 0 Å². The molecule has 33 heavy (non-hydrogen) atoms. The lowest BCUT2D eigenvalue weighted by molar-refractivity contribution is -0.141. The fourth-order valence-electron chi connectivity index (χ4n) is 3.24. The summed E-state index contributed by atoms with van der Waals surface area (Å²) in [4.78, 5) is 26.7. The number of fused-ring (bicyclic) bond motifs is 1. The molecular weight excluding hydrogens is 439 g/mol. The Hall–Kier alpha value is -3.86. The van der Waals surface area contributed by atoms with E-state index in [-0.39, 0.29) is 0 Å². The van der Waals surface area contributed by atoms with Crippen LogP contribution in [0.1, 0.15) is 16.1 Å². The van der Waals surface area contributed by atoms with Gasteiger partial charge in [-0.1, -0.05) is 0 Å². The molecule has 172 valence electrons. The number of benzene rings is 2. The number of alkyl halides is 3. The normalized spacial score (nSPS) is 11.9. The van der Waals surface area contributed by atoms with E-state index in [0.29, 0.717) is 41.1 Å². The van der Waals surface area contributed by atoms with Gasteiger partial charge >= 0.3 is 11.9 Å². The van der Waals surface area contributed by atoms with E-state index in [0.717, 1.165) is 10.7 Å². The number of rotatable bonds is 6. The first-order chi connectivity index (χ1) is 15.6. The highest BCUT2D eigenvalue weighted by Crippen LogP contribution is 2.28. The van der Waals surface area contributed by atoms with Crippen LogP contribution in [0.5, 0.6) is 0 Å². The molecule has 2 aromatic heterocycles. The van der Waals surface area contributed by atoms with Gasteiger partial charge in [0.1, 0.15) is 0 Å². The molecule has 0 aliphatic heterocycles. The molecule has 1 N–H and O–H groups in total. The number of oxazole rings is 1. The highest BCUT2D eigenvalue weighted by molar-refractivity contribution is 6.05. The summed E-state index contributed by atoms with van der Waals surface area (Å²) in [6.45, 7) is 1.07. The van der Waals surface area contributed by atoms with Crippen molar-refractivity contribution in [2.24, 2.45) is 0 Å². The van der Waals surface area contributed by atoms with Crippen LogP contribution in [0.15, 0.2) is 63.9 Å². The van der Waals surface area contributed by atoms with Crippen molar-refractivity contribution in [2.75, 3.05) is 26.0 Å². The second kappa shape index (κ2) is 8.58. The smallest absolute Gasteiger partial charge is 0.408 e. The second-order valence-corrected chi connectivity index (χ2v) is 7.65. The summed E-state index contributed by atoms with van der Waals surface area (Å²) >= 11 is 0. The highest BCUT2D eigenvalue weighted by Gasteiger charge is 2.33. The second-order valence-electron chi connectivity index (χ2n) is 7.65. The maximum Gasteiger partial charge on any atom is 0.435 e. The number of nitrogens with one attached hydrogen (secondary N) is 1. The van der Waals surface area contributed by atoms with Gasteiger partial charge in [-0.3, -0.25) is 9.36 Å². The Morgan fingerprint density at radius 3 is 2.48 bits per heavy atom. The molecule has 11 heteroatoms. The summed E-state index contributed by atoms with van der Waals surface area (Å²) in [6, 6.07) is 11.7. The Morgan fingerprint density at radius 1 is 1.12 bits per heavy atom. The van der Waals surface area contributed by atoms with Gasteiger partial charge in [0.05, 0.1) is 11.2 Å². The molecule has 4 rings (SSSR count). The molecule has 4 aromatic rings. The van der Waals surface area contributed by atoms with Gasteiger partial charge in [-0.25, -0.2) is 9.48 Å². The first-order valence-corrected chi connectivity index (χ1v) is 9.94. The van der Waals surface area contributed by atoms with Gasteiger partial charge in [0, 0.05) is 30.5 Å². The lowest BCUT2D eigenvalue weighted by Gasteiger charge is -2.10. The largest absolute Gasteiger partial charge is 0.435 e. The summed E-state index contributed by atoms with van der Waals surface area (Å²) in [5.74, 6) is -0.888. The first-order valence-electron chi connectivity index (χ1n) is 9.94. The van der Waals surface area contributed by atoms with Gasteiger partial charge in [0.15, 0.2) is 11.3 Å². The number of amides is 1. The number of aromatic nitrogens is 3. The van der Waals surface area contributed by atoms with Gasteiger partial charge in [0.25, 0.3) is 5.91 Å². The lowest BCUT2D eigenvalue weighted by Crippen LogP contribution is -2.23. The van der Waals surface area contributed by atoms with Crippen molar-refractivity contribution in [3.63, 3.8) is 0 Å². The SMILES string of the molecule is CN(C)CCn1c(=O)oc2ccc(NC(=O)c3ccc(-n4ccc(C(F)(F)F)n4)cc3)cc21. The zero-order valence-electron chi connectivity index (χ0n) is 17.8. The van der Waals surface area contributed by atoms with Crippen LogP contribution in [0.4, 0.5) is 18.9 Å². The van der Waals surface area contributed by atoms with Crippen molar-refractivity contribution in [1.82, 2.24) is 19.2 Å². The molecule has 0 saturated carbocycles. The van der Waals surface area contributed by atoms with Crippen LogP contribution in [0, 0.1) is 0 Å². The minimum atomic E-state index is -4.53. The highest BCUT2D eigenvalue weighted by atomic mass is 19.4. The summed E-state index contributed by atoms with van der Waals surface area (Å²) in [6.07, 6.45) is -3.33. The Labute approximate surface area is 185 Å². The molecule has 0 saturated heterocycles.